The number of hydroxylamine groups is 2. The highest BCUT2D eigenvalue weighted by molar-refractivity contribution is 7.52. The third-order valence-corrected chi connectivity index (χ3v) is 3.14. The number of rotatable bonds is 11. The van der Waals surface area contributed by atoms with Crippen molar-refractivity contribution < 1.29 is 33.9 Å². The summed E-state index contributed by atoms with van der Waals surface area (Å²) in [5, 5.41) is 18.0. The first-order valence-corrected chi connectivity index (χ1v) is 7.46. The highest BCUT2D eigenvalue weighted by Crippen LogP contribution is 2.44. The molecule has 0 radical (unpaired) electrons. The predicted molar refractivity (Wildman–Crippen MR) is 63.4 cm³/mol. The fraction of sp³-hybridized carbons (Fsp3) is 1.00. The van der Waals surface area contributed by atoms with E-state index in [1.807, 2.05) is 6.92 Å². The topological polar surface area (TPSA) is 109 Å². The van der Waals surface area contributed by atoms with Crippen LogP contribution >= 0.6 is 7.60 Å². The zero-order valence-electron chi connectivity index (χ0n) is 10.7. The molecule has 0 aromatic rings. The minimum absolute atomic E-state index is 0.0885. The standard InChI is InChI=1S/C9H22NO7P/c1-3-9(2)17-18(13,14)8-10(15-6-4-11)16-7-5-12/h9,11-12H,3-8H2,1-2H3,(H,13,14). The molecule has 2 unspecified atom stereocenters. The Morgan fingerprint density at radius 2 is 1.72 bits per heavy atom. The Morgan fingerprint density at radius 3 is 2.11 bits per heavy atom. The van der Waals surface area contributed by atoms with Gasteiger partial charge in [0, 0.05) is 0 Å². The molecule has 0 aliphatic carbocycles. The minimum atomic E-state index is -3.89. The lowest BCUT2D eigenvalue weighted by Gasteiger charge is -2.24. The predicted octanol–water partition coefficient (Wildman–Crippen LogP) is 0.0942. The second-order valence-electron chi connectivity index (χ2n) is 3.55. The molecule has 0 rings (SSSR count). The van der Waals surface area contributed by atoms with Crippen molar-refractivity contribution in [1.29, 1.82) is 0 Å². The SMILES string of the molecule is CCC(C)OP(=O)(O)CN(OCCO)OCCO. The Labute approximate surface area is 107 Å². The number of nitrogens with zero attached hydrogens (tertiary/aromatic N) is 1. The maximum absolute atomic E-state index is 11.7. The lowest BCUT2D eigenvalue weighted by molar-refractivity contribution is -0.363. The fourth-order valence-corrected chi connectivity index (χ4v) is 2.17. The quantitative estimate of drug-likeness (QED) is 0.362. The molecule has 3 N–H and O–H groups in total. The second-order valence-corrected chi connectivity index (χ2v) is 5.32. The summed E-state index contributed by atoms with van der Waals surface area (Å²) >= 11 is 0. The molecule has 8 nitrogen and oxygen atoms in total. The second kappa shape index (κ2) is 9.82. The smallest absolute Gasteiger partial charge is 0.347 e. The van der Waals surface area contributed by atoms with Crippen LogP contribution in [0.3, 0.4) is 0 Å². The Kier molecular flexibility index (Phi) is 9.80. The van der Waals surface area contributed by atoms with Gasteiger partial charge >= 0.3 is 7.60 Å². The van der Waals surface area contributed by atoms with Gasteiger partial charge in [0.25, 0.3) is 0 Å². The van der Waals surface area contributed by atoms with Crippen LogP contribution in [-0.2, 0) is 18.8 Å². The van der Waals surface area contributed by atoms with Crippen molar-refractivity contribution in [2.45, 2.75) is 26.4 Å². The third kappa shape index (κ3) is 8.96. The molecule has 0 amide bonds. The first-order valence-electron chi connectivity index (χ1n) is 5.70. The van der Waals surface area contributed by atoms with E-state index in [1.54, 1.807) is 6.92 Å². The summed E-state index contributed by atoms with van der Waals surface area (Å²) in [6.45, 7) is 2.80. The van der Waals surface area contributed by atoms with E-state index in [0.29, 0.717) is 6.42 Å². The van der Waals surface area contributed by atoms with Gasteiger partial charge in [0.2, 0.25) is 0 Å². The van der Waals surface area contributed by atoms with Gasteiger partial charge in [0.1, 0.15) is 0 Å². The van der Waals surface area contributed by atoms with Gasteiger partial charge in [-0.15, -0.1) is 0 Å². The van der Waals surface area contributed by atoms with E-state index in [9.17, 15) is 9.46 Å². The molecule has 0 spiro atoms. The van der Waals surface area contributed by atoms with Crippen molar-refractivity contribution in [2.24, 2.45) is 0 Å². The van der Waals surface area contributed by atoms with Crippen LogP contribution in [-0.4, -0.2) is 59.2 Å². The lowest BCUT2D eigenvalue weighted by Crippen LogP contribution is -2.29. The summed E-state index contributed by atoms with van der Waals surface area (Å²) in [4.78, 5) is 19.4. The van der Waals surface area contributed by atoms with E-state index < -0.39 is 13.9 Å². The summed E-state index contributed by atoms with van der Waals surface area (Å²) in [6.07, 6.45) is -0.268. The summed E-state index contributed by atoms with van der Waals surface area (Å²) in [5.41, 5.74) is 0. The number of aliphatic hydroxyl groups is 2. The Bertz CT molecular complexity index is 245. The zero-order valence-corrected chi connectivity index (χ0v) is 11.6. The monoisotopic (exact) mass is 287 g/mol. The van der Waals surface area contributed by atoms with Crippen LogP contribution in [0.5, 0.6) is 0 Å². The molecule has 0 heterocycles. The van der Waals surface area contributed by atoms with E-state index >= 15 is 0 Å². The molecule has 2 atom stereocenters. The molecule has 0 saturated carbocycles. The van der Waals surface area contributed by atoms with Crippen molar-refractivity contribution >= 4 is 7.60 Å². The van der Waals surface area contributed by atoms with Crippen molar-refractivity contribution in [3.8, 4) is 0 Å². The van der Waals surface area contributed by atoms with Crippen LogP contribution in [0.15, 0.2) is 0 Å². The maximum Gasteiger partial charge on any atom is 0.347 e. The van der Waals surface area contributed by atoms with Crippen LogP contribution in [0.25, 0.3) is 0 Å². The third-order valence-electron chi connectivity index (χ3n) is 1.87. The summed E-state index contributed by atoms with van der Waals surface area (Å²) in [5.74, 6) is 0. The first-order chi connectivity index (χ1) is 8.45. The molecular weight excluding hydrogens is 265 g/mol. The van der Waals surface area contributed by atoms with Gasteiger partial charge in [-0.2, -0.15) is 0 Å². The average Bonchev–Trinajstić information content (AvgIpc) is 2.31. The van der Waals surface area contributed by atoms with Gasteiger partial charge in [-0.3, -0.25) is 14.2 Å². The Balaban J connectivity index is 4.29. The van der Waals surface area contributed by atoms with Gasteiger partial charge in [-0.05, 0) is 13.3 Å². The first kappa shape index (κ1) is 17.9. The van der Waals surface area contributed by atoms with Crippen LogP contribution in [0, 0.1) is 0 Å². The van der Waals surface area contributed by atoms with Gasteiger partial charge in [0.05, 0.1) is 32.5 Å². The molecule has 0 aliphatic rings. The fourth-order valence-electron chi connectivity index (χ4n) is 0.939. The summed E-state index contributed by atoms with van der Waals surface area (Å²) < 4.78 is 16.7. The molecule has 0 aliphatic heterocycles. The van der Waals surface area contributed by atoms with Crippen LogP contribution in [0.2, 0.25) is 0 Å². The number of aliphatic hydroxyl groups excluding tert-OH is 2. The van der Waals surface area contributed by atoms with E-state index in [0.717, 1.165) is 5.23 Å². The van der Waals surface area contributed by atoms with Gasteiger partial charge in [-0.25, -0.2) is 0 Å². The molecule has 0 bridgehead atoms. The highest BCUT2D eigenvalue weighted by Gasteiger charge is 2.27. The van der Waals surface area contributed by atoms with Crippen molar-refractivity contribution in [1.82, 2.24) is 5.23 Å². The molecular formula is C9H22NO7P. The van der Waals surface area contributed by atoms with Gasteiger partial charge in [-0.1, -0.05) is 12.2 Å². The molecule has 0 aromatic carbocycles. The minimum Gasteiger partial charge on any atom is -0.394 e. The van der Waals surface area contributed by atoms with E-state index in [1.165, 1.54) is 0 Å². The number of hydrogen-bond acceptors (Lipinski definition) is 7. The Hall–Kier alpha value is -0.0500. The zero-order chi connectivity index (χ0) is 14.0. The normalized spacial score (nSPS) is 16.8. The molecule has 0 saturated heterocycles. The Morgan fingerprint density at radius 1 is 1.22 bits per heavy atom. The van der Waals surface area contributed by atoms with Crippen LogP contribution in [0.1, 0.15) is 20.3 Å². The van der Waals surface area contributed by atoms with E-state index in [4.69, 9.17) is 24.4 Å². The molecule has 0 fully saturated rings. The van der Waals surface area contributed by atoms with E-state index in [2.05, 4.69) is 0 Å². The lowest BCUT2D eigenvalue weighted by atomic mass is 10.3. The summed E-state index contributed by atoms with van der Waals surface area (Å²) in [6, 6.07) is 0. The molecule has 9 heteroatoms. The van der Waals surface area contributed by atoms with Crippen molar-refractivity contribution in [3.05, 3.63) is 0 Å². The largest absolute Gasteiger partial charge is 0.394 e. The average molecular weight is 287 g/mol. The van der Waals surface area contributed by atoms with Crippen molar-refractivity contribution in [2.75, 3.05) is 32.7 Å². The summed E-state index contributed by atoms with van der Waals surface area (Å²) in [7, 11) is -3.89. The van der Waals surface area contributed by atoms with E-state index in [-0.39, 0.29) is 32.5 Å². The number of hydrogen-bond donors (Lipinski definition) is 3. The molecule has 110 valence electrons. The van der Waals surface area contributed by atoms with Crippen LogP contribution < -0.4 is 0 Å². The maximum atomic E-state index is 11.7. The van der Waals surface area contributed by atoms with Gasteiger partial charge in [0.15, 0.2) is 6.29 Å². The van der Waals surface area contributed by atoms with Gasteiger partial charge < -0.3 is 19.6 Å². The van der Waals surface area contributed by atoms with Crippen molar-refractivity contribution in [3.63, 3.8) is 0 Å². The van der Waals surface area contributed by atoms with Crippen LogP contribution in [0.4, 0.5) is 0 Å². The molecule has 0 aromatic heterocycles. The highest BCUT2D eigenvalue weighted by atomic mass is 31.2. The molecule has 18 heavy (non-hydrogen) atoms.